The van der Waals surface area contributed by atoms with Crippen molar-refractivity contribution in [1.82, 2.24) is 4.90 Å². The Morgan fingerprint density at radius 2 is 1.64 bits per heavy atom. The molecular weight excluding hydrogens is 594 g/mol. The minimum Gasteiger partial charge on any atom is -0.475 e. The van der Waals surface area contributed by atoms with E-state index in [1.165, 1.54) is 22.5 Å². The topological polar surface area (TPSA) is 121 Å². The summed E-state index contributed by atoms with van der Waals surface area (Å²) in [5, 5.41) is 9.92. The molecule has 4 aromatic rings. The van der Waals surface area contributed by atoms with E-state index in [1.54, 1.807) is 11.8 Å². The van der Waals surface area contributed by atoms with E-state index in [-0.39, 0.29) is 23.3 Å². The number of carbonyl (C=O) groups is 2. The number of sulfonamides is 1. The molecule has 0 bridgehead atoms. The number of hydrogen-bond donors (Lipinski definition) is 1. The molecule has 0 spiro atoms. The Bertz CT molecular complexity index is 1820. The quantitative estimate of drug-likeness (QED) is 0.242. The van der Waals surface area contributed by atoms with Gasteiger partial charge in [0, 0.05) is 49.4 Å². The van der Waals surface area contributed by atoms with E-state index in [0.717, 1.165) is 16.8 Å². The number of aryl methyl sites for hydroxylation is 2. The Kier molecular flexibility index (Phi) is 8.84. The van der Waals surface area contributed by atoms with Crippen molar-refractivity contribution in [3.05, 3.63) is 89.2 Å². The first-order valence-electron chi connectivity index (χ1n) is 14.9. The molecule has 2 heterocycles. The van der Waals surface area contributed by atoms with E-state index in [2.05, 4.69) is 4.90 Å². The first-order valence-corrected chi connectivity index (χ1v) is 16.4. The van der Waals surface area contributed by atoms with Gasteiger partial charge in [0.15, 0.2) is 0 Å². The van der Waals surface area contributed by atoms with E-state index < -0.39 is 21.6 Å². The second-order valence-electron chi connectivity index (χ2n) is 12.3. The molecule has 1 fully saturated rings. The highest BCUT2D eigenvalue weighted by Gasteiger charge is 2.29. The molecule has 238 valence electrons. The van der Waals surface area contributed by atoms with Crippen molar-refractivity contribution in [2.45, 2.75) is 51.5 Å². The third-order valence-corrected chi connectivity index (χ3v) is 9.70. The fourth-order valence-corrected chi connectivity index (χ4v) is 7.05. The Labute approximate surface area is 263 Å². The number of aromatic carboxylic acids is 1. The molecule has 0 radical (unpaired) electrons. The van der Waals surface area contributed by atoms with Gasteiger partial charge in [0.05, 0.1) is 10.6 Å². The van der Waals surface area contributed by atoms with Crippen molar-refractivity contribution in [3.63, 3.8) is 0 Å². The molecule has 3 aromatic carbocycles. The number of rotatable bonds is 8. The molecule has 1 aliphatic rings. The van der Waals surface area contributed by atoms with Gasteiger partial charge in [0.2, 0.25) is 5.76 Å². The molecule has 0 aliphatic carbocycles. The Balaban J connectivity index is 1.43. The van der Waals surface area contributed by atoms with Crippen molar-refractivity contribution >= 4 is 44.4 Å². The second-order valence-corrected chi connectivity index (χ2v) is 14.1. The predicted molar refractivity (Wildman–Crippen MR) is 174 cm³/mol. The van der Waals surface area contributed by atoms with Gasteiger partial charge in [0.25, 0.3) is 10.0 Å². The van der Waals surface area contributed by atoms with Crippen LogP contribution < -0.4 is 9.21 Å². The summed E-state index contributed by atoms with van der Waals surface area (Å²) in [5.41, 5.74) is 3.53. The maximum atomic E-state index is 14.3. The monoisotopic (exact) mass is 633 g/mol. The van der Waals surface area contributed by atoms with Crippen LogP contribution in [0.5, 0.6) is 0 Å². The van der Waals surface area contributed by atoms with Crippen molar-refractivity contribution in [2.75, 3.05) is 41.9 Å². The van der Waals surface area contributed by atoms with Crippen LogP contribution >= 0.6 is 0 Å². The molecule has 0 atom stereocenters. The number of ether oxygens (including phenoxy) is 1. The summed E-state index contributed by atoms with van der Waals surface area (Å²) in [4.78, 5) is 28.1. The zero-order chi connectivity index (χ0) is 32.5. The van der Waals surface area contributed by atoms with E-state index >= 15 is 0 Å². The maximum absolute atomic E-state index is 14.3. The SMILES string of the molecule is Cc1cc(N(CCc2ccccc2)S(=O)(=O)c2ccc3oc(C(=O)O)c(C)c3c2)ccc1N1CCN(C(=O)OC(C)(C)C)CC1. The lowest BCUT2D eigenvalue weighted by Crippen LogP contribution is -2.50. The van der Waals surface area contributed by atoms with Crippen LogP contribution in [-0.2, 0) is 21.2 Å². The highest BCUT2D eigenvalue weighted by atomic mass is 32.2. The van der Waals surface area contributed by atoms with E-state index in [4.69, 9.17) is 9.15 Å². The van der Waals surface area contributed by atoms with Crippen molar-refractivity contribution in [2.24, 2.45) is 0 Å². The third-order valence-electron chi connectivity index (χ3n) is 7.88. The number of benzene rings is 3. The number of hydrogen-bond acceptors (Lipinski definition) is 7. The third kappa shape index (κ3) is 6.93. The van der Waals surface area contributed by atoms with Crippen molar-refractivity contribution < 1.29 is 32.3 Å². The van der Waals surface area contributed by atoms with E-state index in [0.29, 0.717) is 54.8 Å². The molecule has 0 saturated carbocycles. The zero-order valence-electron chi connectivity index (χ0n) is 26.2. The van der Waals surface area contributed by atoms with Gasteiger partial charge in [-0.25, -0.2) is 18.0 Å². The smallest absolute Gasteiger partial charge is 0.410 e. The zero-order valence-corrected chi connectivity index (χ0v) is 27.1. The van der Waals surface area contributed by atoms with Crippen molar-refractivity contribution in [3.8, 4) is 0 Å². The van der Waals surface area contributed by atoms with Gasteiger partial charge in [0.1, 0.15) is 11.2 Å². The minimum absolute atomic E-state index is 0.0453. The fourth-order valence-electron chi connectivity index (χ4n) is 5.56. The number of anilines is 2. The van der Waals surface area contributed by atoms with Gasteiger partial charge < -0.3 is 24.1 Å². The van der Waals surface area contributed by atoms with Crippen LogP contribution in [-0.4, -0.2) is 68.8 Å². The lowest BCUT2D eigenvalue weighted by Gasteiger charge is -2.37. The number of carbonyl (C=O) groups excluding carboxylic acids is 1. The van der Waals surface area contributed by atoms with Gasteiger partial charge in [-0.05, 0) is 88.6 Å². The molecule has 1 N–H and O–H groups in total. The van der Waals surface area contributed by atoms with Gasteiger partial charge in [-0.2, -0.15) is 0 Å². The molecule has 1 aromatic heterocycles. The van der Waals surface area contributed by atoms with E-state index in [1.807, 2.05) is 76.2 Å². The number of fused-ring (bicyclic) bond motifs is 1. The highest BCUT2D eigenvalue weighted by molar-refractivity contribution is 7.92. The molecule has 45 heavy (non-hydrogen) atoms. The van der Waals surface area contributed by atoms with Crippen LogP contribution in [0.15, 0.2) is 76.0 Å². The highest BCUT2D eigenvalue weighted by Crippen LogP contribution is 2.33. The van der Waals surface area contributed by atoms with Gasteiger partial charge >= 0.3 is 12.1 Å². The first kappa shape index (κ1) is 31.9. The number of amides is 1. The minimum atomic E-state index is -4.06. The average molecular weight is 634 g/mol. The average Bonchev–Trinajstić information content (AvgIpc) is 3.33. The molecule has 1 amide bonds. The van der Waals surface area contributed by atoms with Crippen LogP contribution in [0.4, 0.5) is 16.2 Å². The summed E-state index contributed by atoms with van der Waals surface area (Å²) in [6.07, 6.45) is 0.167. The van der Waals surface area contributed by atoms with Gasteiger partial charge in [-0.1, -0.05) is 30.3 Å². The molecule has 1 saturated heterocycles. The van der Waals surface area contributed by atoms with Crippen LogP contribution in [0.1, 0.15) is 48.0 Å². The van der Waals surface area contributed by atoms with Crippen molar-refractivity contribution in [1.29, 1.82) is 0 Å². The number of piperazine rings is 1. The Hall–Kier alpha value is -4.51. The molecule has 10 nitrogen and oxygen atoms in total. The molecular formula is C34H39N3O7S. The second kappa shape index (κ2) is 12.5. The maximum Gasteiger partial charge on any atom is 0.410 e. The molecule has 1 aliphatic heterocycles. The number of carboxylic acids is 1. The number of carboxylic acid groups (broad SMARTS) is 1. The fraction of sp³-hybridized carbons (Fsp3) is 0.353. The summed E-state index contributed by atoms with van der Waals surface area (Å²) >= 11 is 0. The number of furan rings is 1. The standard InChI is InChI=1S/C34H39N3O7S/c1-23-21-26(11-13-29(23)35-17-19-36(20-18-35)33(40)44-34(3,4)5)37(16-15-25-9-7-6-8-10-25)45(41,42)27-12-14-30-28(22-27)24(2)31(43-30)32(38)39/h6-14,21-22H,15-20H2,1-5H3,(H,38,39). The van der Waals surface area contributed by atoms with Crippen LogP contribution in [0.3, 0.4) is 0 Å². The van der Waals surface area contributed by atoms with Crippen LogP contribution in [0.25, 0.3) is 11.0 Å². The molecule has 11 heteroatoms. The Morgan fingerprint density at radius 1 is 0.956 bits per heavy atom. The summed E-state index contributed by atoms with van der Waals surface area (Å²) in [6, 6.07) is 19.7. The largest absolute Gasteiger partial charge is 0.475 e. The summed E-state index contributed by atoms with van der Waals surface area (Å²) < 4.78 is 40.9. The summed E-state index contributed by atoms with van der Waals surface area (Å²) in [7, 11) is -4.06. The first-order chi connectivity index (χ1) is 21.2. The van der Waals surface area contributed by atoms with Gasteiger partial charge in [-0.3, -0.25) is 4.31 Å². The Morgan fingerprint density at radius 3 is 2.27 bits per heavy atom. The lowest BCUT2D eigenvalue weighted by atomic mass is 10.1. The molecule has 0 unspecified atom stereocenters. The number of nitrogens with zero attached hydrogens (tertiary/aromatic N) is 3. The summed E-state index contributed by atoms with van der Waals surface area (Å²) in [5.74, 6) is -1.42. The van der Waals surface area contributed by atoms with Crippen LogP contribution in [0, 0.1) is 13.8 Å². The molecule has 5 rings (SSSR count). The van der Waals surface area contributed by atoms with Crippen LogP contribution in [0.2, 0.25) is 0 Å². The van der Waals surface area contributed by atoms with E-state index in [9.17, 15) is 23.1 Å². The van der Waals surface area contributed by atoms with Gasteiger partial charge in [-0.15, -0.1) is 0 Å². The normalized spacial score (nSPS) is 14.1. The summed E-state index contributed by atoms with van der Waals surface area (Å²) in [6.45, 7) is 11.6. The lowest BCUT2D eigenvalue weighted by molar-refractivity contribution is 0.0240. The predicted octanol–water partition coefficient (Wildman–Crippen LogP) is 6.24.